The van der Waals surface area contributed by atoms with Crippen LogP contribution in [-0.2, 0) is 14.2 Å². The molecule has 25 heavy (non-hydrogen) atoms. The molecule has 0 aromatic carbocycles. The third-order valence-corrected chi connectivity index (χ3v) is 4.30. The third-order valence-electron chi connectivity index (χ3n) is 4.30. The molecule has 2 aliphatic rings. The molecule has 0 radical (unpaired) electrons. The molecule has 0 amide bonds. The van der Waals surface area contributed by atoms with Crippen molar-refractivity contribution in [2.45, 2.75) is 50.6 Å². The number of nitrogen functional groups attached to an aromatic ring is 1. The maximum atomic E-state index is 13.4. The number of anilines is 1. The van der Waals surface area contributed by atoms with Crippen molar-refractivity contribution >= 4 is 16.9 Å². The average Bonchev–Trinajstić information content (AvgIpc) is 3.16. The number of rotatable bonds is 3. The van der Waals surface area contributed by atoms with Crippen molar-refractivity contribution in [3.05, 3.63) is 12.0 Å². The second-order valence-corrected chi connectivity index (χ2v) is 6.40. The van der Waals surface area contributed by atoms with E-state index in [4.69, 9.17) is 19.9 Å². The molecule has 0 unspecified atom stereocenters. The van der Waals surface area contributed by atoms with Gasteiger partial charge in [-0.1, -0.05) is 0 Å². The van der Waals surface area contributed by atoms with Crippen molar-refractivity contribution in [1.29, 1.82) is 0 Å². The summed E-state index contributed by atoms with van der Waals surface area (Å²) in [5.41, 5.74) is 5.32. The molecular weight excluding hydrogens is 340 g/mol. The van der Waals surface area contributed by atoms with Gasteiger partial charge in [0.2, 0.25) is 0 Å². The number of halogens is 2. The highest BCUT2D eigenvalue weighted by Crippen LogP contribution is 2.44. The van der Waals surface area contributed by atoms with Crippen molar-refractivity contribution in [3.8, 4) is 0 Å². The number of aliphatic hydroxyl groups excluding tert-OH is 1. The number of hydrogen-bond acceptors (Lipinski definition) is 8. The lowest BCUT2D eigenvalue weighted by Gasteiger charge is -2.23. The Bertz CT molecular complexity index is 814. The summed E-state index contributed by atoms with van der Waals surface area (Å²) in [5.74, 6) is -0.989. The summed E-state index contributed by atoms with van der Waals surface area (Å²) in [5, 5.41) is 13.5. The first-order valence-electron chi connectivity index (χ1n) is 7.71. The van der Waals surface area contributed by atoms with Crippen LogP contribution in [0, 0.1) is 0 Å². The molecular formula is C14H17F2N5O4. The van der Waals surface area contributed by atoms with Crippen molar-refractivity contribution in [3.63, 3.8) is 0 Å². The molecule has 3 N–H and O–H groups in total. The quantitative estimate of drug-likeness (QED) is 0.827. The molecule has 0 spiro atoms. The first kappa shape index (κ1) is 16.5. The second-order valence-electron chi connectivity index (χ2n) is 6.40. The summed E-state index contributed by atoms with van der Waals surface area (Å²) < 4.78 is 45.3. The molecule has 2 aromatic rings. The lowest BCUT2D eigenvalue weighted by Crippen LogP contribution is -2.31. The fourth-order valence-corrected chi connectivity index (χ4v) is 3.36. The molecule has 136 valence electrons. The van der Waals surface area contributed by atoms with Gasteiger partial charge in [-0.2, -0.15) is 5.10 Å². The predicted octanol–water partition coefficient (Wildman–Crippen LogP) is 0.756. The Kier molecular flexibility index (Phi) is 3.65. The third kappa shape index (κ3) is 2.46. The molecule has 4 heterocycles. The summed E-state index contributed by atoms with van der Waals surface area (Å²) >= 11 is 0. The number of ether oxygens (including phenoxy) is 3. The van der Waals surface area contributed by atoms with Crippen LogP contribution in [0.2, 0.25) is 0 Å². The molecule has 4 atom stereocenters. The predicted molar refractivity (Wildman–Crippen MR) is 79.5 cm³/mol. The van der Waals surface area contributed by atoms with Gasteiger partial charge < -0.3 is 25.1 Å². The van der Waals surface area contributed by atoms with Crippen LogP contribution in [0.15, 0.2) is 6.33 Å². The van der Waals surface area contributed by atoms with Gasteiger partial charge in [-0.25, -0.2) is 23.4 Å². The molecule has 9 nitrogen and oxygen atoms in total. The zero-order valence-electron chi connectivity index (χ0n) is 13.5. The number of nitrogens with zero attached hydrogens (tertiary/aromatic N) is 4. The highest BCUT2D eigenvalue weighted by atomic mass is 19.3. The number of alkyl halides is 2. The van der Waals surface area contributed by atoms with E-state index in [-0.39, 0.29) is 23.5 Å². The first-order chi connectivity index (χ1) is 11.8. The second kappa shape index (κ2) is 5.53. The van der Waals surface area contributed by atoms with Gasteiger partial charge in [-0.05, 0) is 13.8 Å². The molecule has 2 saturated heterocycles. The minimum absolute atomic E-state index is 0.0247. The van der Waals surface area contributed by atoms with Crippen molar-refractivity contribution < 1.29 is 28.1 Å². The number of aliphatic hydroxyl groups is 1. The average molecular weight is 357 g/mol. The maximum Gasteiger partial charge on any atom is 0.282 e. The Morgan fingerprint density at radius 2 is 2.04 bits per heavy atom. The van der Waals surface area contributed by atoms with E-state index in [1.165, 1.54) is 4.68 Å². The van der Waals surface area contributed by atoms with Crippen LogP contribution in [0.1, 0.15) is 32.2 Å². The molecule has 0 saturated carbocycles. The molecule has 0 bridgehead atoms. The van der Waals surface area contributed by atoms with E-state index >= 15 is 0 Å². The SMILES string of the molecule is CC1(C)O[C@@H]2[C@H](O1)[C@@H](CO)O[C@H]2n1nc(C(F)F)c2c(N)ncnc21. The zero-order chi connectivity index (χ0) is 17.9. The van der Waals surface area contributed by atoms with Gasteiger partial charge in [0.25, 0.3) is 6.43 Å². The van der Waals surface area contributed by atoms with Crippen LogP contribution in [0.25, 0.3) is 11.0 Å². The van der Waals surface area contributed by atoms with Crippen LogP contribution in [0.3, 0.4) is 0 Å². The molecule has 2 fully saturated rings. The summed E-state index contributed by atoms with van der Waals surface area (Å²) in [6, 6.07) is 0. The first-order valence-corrected chi connectivity index (χ1v) is 7.71. The fraction of sp³-hybridized carbons (Fsp3) is 0.643. The van der Waals surface area contributed by atoms with Gasteiger partial charge in [0.15, 0.2) is 17.7 Å². The Morgan fingerprint density at radius 3 is 2.72 bits per heavy atom. The van der Waals surface area contributed by atoms with Gasteiger partial charge in [-0.15, -0.1) is 0 Å². The maximum absolute atomic E-state index is 13.4. The van der Waals surface area contributed by atoms with Crippen LogP contribution in [-0.4, -0.2) is 55.6 Å². The fourth-order valence-electron chi connectivity index (χ4n) is 3.36. The van der Waals surface area contributed by atoms with Crippen molar-refractivity contribution in [2.75, 3.05) is 12.3 Å². The van der Waals surface area contributed by atoms with E-state index in [0.717, 1.165) is 6.33 Å². The van der Waals surface area contributed by atoms with E-state index in [2.05, 4.69) is 15.1 Å². The smallest absolute Gasteiger partial charge is 0.282 e. The highest BCUT2D eigenvalue weighted by molar-refractivity contribution is 5.88. The largest absolute Gasteiger partial charge is 0.394 e. The number of fused-ring (bicyclic) bond motifs is 2. The number of hydrogen-bond donors (Lipinski definition) is 2. The molecule has 0 aliphatic carbocycles. The van der Waals surface area contributed by atoms with Crippen molar-refractivity contribution in [1.82, 2.24) is 19.7 Å². The van der Waals surface area contributed by atoms with Gasteiger partial charge in [0.1, 0.15) is 36.2 Å². The lowest BCUT2D eigenvalue weighted by molar-refractivity contribution is -0.201. The van der Waals surface area contributed by atoms with E-state index < -0.39 is 42.4 Å². The zero-order valence-corrected chi connectivity index (χ0v) is 13.5. The Morgan fingerprint density at radius 1 is 1.32 bits per heavy atom. The Balaban J connectivity index is 1.83. The topological polar surface area (TPSA) is 118 Å². The lowest BCUT2D eigenvalue weighted by atomic mass is 10.1. The van der Waals surface area contributed by atoms with Gasteiger partial charge in [-0.3, -0.25) is 0 Å². The van der Waals surface area contributed by atoms with Crippen LogP contribution < -0.4 is 5.73 Å². The van der Waals surface area contributed by atoms with E-state index in [1.807, 2.05) is 0 Å². The normalized spacial score (nSPS) is 31.1. The summed E-state index contributed by atoms with van der Waals surface area (Å²) in [6.07, 6.45) is -4.47. The minimum Gasteiger partial charge on any atom is -0.394 e. The summed E-state index contributed by atoms with van der Waals surface area (Å²) in [4.78, 5) is 7.78. The Hall–Kier alpha value is -1.95. The highest BCUT2D eigenvalue weighted by Gasteiger charge is 2.56. The van der Waals surface area contributed by atoms with E-state index in [0.29, 0.717) is 0 Å². The van der Waals surface area contributed by atoms with Gasteiger partial charge >= 0.3 is 0 Å². The Labute approximate surface area is 140 Å². The van der Waals surface area contributed by atoms with Crippen LogP contribution >= 0.6 is 0 Å². The molecule has 2 aliphatic heterocycles. The molecule has 4 rings (SSSR count). The van der Waals surface area contributed by atoms with Crippen LogP contribution in [0.5, 0.6) is 0 Å². The van der Waals surface area contributed by atoms with Crippen LogP contribution in [0.4, 0.5) is 14.6 Å². The van der Waals surface area contributed by atoms with Gasteiger partial charge in [0, 0.05) is 0 Å². The monoisotopic (exact) mass is 357 g/mol. The molecule has 2 aromatic heterocycles. The molecule has 11 heteroatoms. The summed E-state index contributed by atoms with van der Waals surface area (Å²) in [7, 11) is 0. The summed E-state index contributed by atoms with van der Waals surface area (Å²) in [6.45, 7) is 3.14. The van der Waals surface area contributed by atoms with Crippen molar-refractivity contribution in [2.24, 2.45) is 0 Å². The standard InChI is InChI=1S/C14H17F2N5O4/c1-14(2)24-8-5(3-22)23-13(9(8)25-14)21-12-6(7(20-21)10(15)16)11(17)18-4-19-12/h4-5,8-10,13,22H,3H2,1-2H3,(H2,17,18,19)/t5-,8-,9-,13-/m1/s1. The van der Waals surface area contributed by atoms with Gasteiger partial charge in [0.05, 0.1) is 12.0 Å². The van der Waals surface area contributed by atoms with E-state index in [1.54, 1.807) is 13.8 Å². The number of aromatic nitrogens is 4. The minimum atomic E-state index is -2.86. The number of nitrogens with two attached hydrogens (primary N) is 1. The van der Waals surface area contributed by atoms with E-state index in [9.17, 15) is 13.9 Å².